The summed E-state index contributed by atoms with van der Waals surface area (Å²) in [7, 11) is -3.43. The van der Waals surface area contributed by atoms with Crippen molar-refractivity contribution in [1.82, 2.24) is 9.03 Å². The van der Waals surface area contributed by atoms with E-state index in [4.69, 9.17) is 0 Å². The molecule has 1 aliphatic heterocycles. The molecular weight excluding hydrogens is 288 g/mol. The summed E-state index contributed by atoms with van der Waals surface area (Å²) in [6.45, 7) is 3.27. The molecule has 0 aromatic heterocycles. The van der Waals surface area contributed by atoms with Gasteiger partial charge in [0.1, 0.15) is 0 Å². The lowest BCUT2D eigenvalue weighted by Crippen LogP contribution is -2.50. The second kappa shape index (κ2) is 7.90. The van der Waals surface area contributed by atoms with Gasteiger partial charge in [0.2, 0.25) is 0 Å². The Bertz CT molecular complexity index is 405. The Morgan fingerprint density at radius 2 is 1.86 bits per heavy atom. The lowest BCUT2D eigenvalue weighted by molar-refractivity contribution is 0.153. The van der Waals surface area contributed by atoms with Crippen molar-refractivity contribution >= 4 is 10.2 Å². The predicted molar refractivity (Wildman–Crippen MR) is 84.1 cm³/mol. The smallest absolute Gasteiger partial charge is 0.279 e. The van der Waals surface area contributed by atoms with Crippen molar-refractivity contribution in [2.24, 2.45) is 11.8 Å². The van der Waals surface area contributed by atoms with E-state index >= 15 is 0 Å². The van der Waals surface area contributed by atoms with Gasteiger partial charge in [0, 0.05) is 19.1 Å². The van der Waals surface area contributed by atoms with Crippen LogP contribution in [0.3, 0.4) is 0 Å². The molecular formula is C15H30N2O3S. The molecule has 21 heavy (non-hydrogen) atoms. The van der Waals surface area contributed by atoms with Crippen LogP contribution in [-0.2, 0) is 10.2 Å². The molecule has 1 aliphatic carbocycles. The van der Waals surface area contributed by atoms with E-state index < -0.39 is 10.2 Å². The molecule has 1 unspecified atom stereocenters. The molecule has 1 saturated heterocycles. The third kappa shape index (κ3) is 4.91. The highest BCUT2D eigenvalue weighted by Crippen LogP contribution is 2.30. The van der Waals surface area contributed by atoms with Crippen molar-refractivity contribution in [2.45, 2.75) is 64.3 Å². The van der Waals surface area contributed by atoms with Crippen molar-refractivity contribution in [1.29, 1.82) is 0 Å². The summed E-state index contributed by atoms with van der Waals surface area (Å²) in [5.41, 5.74) is 0. The van der Waals surface area contributed by atoms with Gasteiger partial charge in [-0.15, -0.1) is 0 Å². The highest BCUT2D eigenvalue weighted by Gasteiger charge is 2.31. The number of nitrogens with one attached hydrogen (secondary N) is 1. The maximum Gasteiger partial charge on any atom is 0.279 e. The maximum atomic E-state index is 12.4. The molecule has 0 amide bonds. The summed E-state index contributed by atoms with van der Waals surface area (Å²) in [5, 5.41) is 9.34. The van der Waals surface area contributed by atoms with Crippen LogP contribution in [0.5, 0.6) is 0 Å². The van der Waals surface area contributed by atoms with Crippen molar-refractivity contribution in [3.8, 4) is 0 Å². The van der Waals surface area contributed by atoms with Crippen LogP contribution < -0.4 is 4.72 Å². The summed E-state index contributed by atoms with van der Waals surface area (Å²) in [6.07, 6.45) is 8.58. The van der Waals surface area contributed by atoms with E-state index in [9.17, 15) is 13.5 Å². The Balaban J connectivity index is 1.78. The van der Waals surface area contributed by atoms with Gasteiger partial charge in [-0.1, -0.05) is 39.0 Å². The summed E-state index contributed by atoms with van der Waals surface area (Å²) in [5.74, 6) is 1.50. The minimum absolute atomic E-state index is 0.0819. The van der Waals surface area contributed by atoms with E-state index in [0.717, 1.165) is 31.6 Å². The SMILES string of the molecule is CC1CCC(CCNS(=O)(=O)N2CCCCC2CO)CC1. The van der Waals surface area contributed by atoms with Crippen molar-refractivity contribution in [3.05, 3.63) is 0 Å². The summed E-state index contributed by atoms with van der Waals surface area (Å²) >= 11 is 0. The molecule has 0 spiro atoms. The van der Waals surface area contributed by atoms with Gasteiger partial charge in [0.25, 0.3) is 10.2 Å². The van der Waals surface area contributed by atoms with Crippen LogP contribution in [0.1, 0.15) is 58.3 Å². The first kappa shape index (κ1) is 17.2. The molecule has 2 rings (SSSR count). The van der Waals surface area contributed by atoms with E-state index in [1.807, 2.05) is 0 Å². The van der Waals surface area contributed by atoms with E-state index in [0.29, 0.717) is 19.0 Å². The normalized spacial score (nSPS) is 32.2. The zero-order valence-electron chi connectivity index (χ0n) is 13.1. The van der Waals surface area contributed by atoms with E-state index in [-0.39, 0.29) is 12.6 Å². The number of nitrogens with zero attached hydrogens (tertiary/aromatic N) is 1. The molecule has 5 nitrogen and oxygen atoms in total. The fraction of sp³-hybridized carbons (Fsp3) is 1.00. The van der Waals surface area contributed by atoms with Gasteiger partial charge in [-0.05, 0) is 31.1 Å². The summed E-state index contributed by atoms with van der Waals surface area (Å²) < 4.78 is 28.9. The first-order chi connectivity index (χ1) is 10.0. The molecule has 0 bridgehead atoms. The van der Waals surface area contributed by atoms with E-state index in [1.165, 1.54) is 30.0 Å². The average Bonchev–Trinajstić information content (AvgIpc) is 2.49. The number of aliphatic hydroxyl groups excluding tert-OH is 1. The quantitative estimate of drug-likeness (QED) is 0.785. The molecule has 0 aromatic carbocycles. The van der Waals surface area contributed by atoms with Crippen LogP contribution in [0.15, 0.2) is 0 Å². The fourth-order valence-corrected chi connectivity index (χ4v) is 5.04. The Labute approximate surface area is 129 Å². The van der Waals surface area contributed by atoms with Crippen LogP contribution in [0.25, 0.3) is 0 Å². The standard InChI is InChI=1S/C15H30N2O3S/c1-13-5-7-14(8-6-13)9-10-16-21(19,20)17-11-3-2-4-15(17)12-18/h13-16,18H,2-12H2,1H3. The first-order valence-corrected chi connectivity index (χ1v) is 9.84. The average molecular weight is 318 g/mol. The Kier molecular flexibility index (Phi) is 6.47. The molecule has 2 aliphatic rings. The highest BCUT2D eigenvalue weighted by molar-refractivity contribution is 7.87. The third-order valence-corrected chi connectivity index (χ3v) is 6.73. The number of hydrogen-bond acceptors (Lipinski definition) is 3. The Morgan fingerprint density at radius 3 is 2.52 bits per heavy atom. The maximum absolute atomic E-state index is 12.4. The second-order valence-electron chi connectivity index (χ2n) is 6.76. The molecule has 1 atom stereocenters. The van der Waals surface area contributed by atoms with Gasteiger partial charge in [0.15, 0.2) is 0 Å². The third-order valence-electron chi connectivity index (χ3n) is 5.07. The van der Waals surface area contributed by atoms with E-state index in [2.05, 4.69) is 11.6 Å². The van der Waals surface area contributed by atoms with Crippen molar-refractivity contribution < 1.29 is 13.5 Å². The Hall–Kier alpha value is -0.170. The van der Waals surface area contributed by atoms with Crippen LogP contribution in [0, 0.1) is 11.8 Å². The van der Waals surface area contributed by atoms with E-state index in [1.54, 1.807) is 0 Å². The molecule has 124 valence electrons. The topological polar surface area (TPSA) is 69.6 Å². The fourth-order valence-electron chi connectivity index (χ4n) is 3.57. The number of aliphatic hydroxyl groups is 1. The first-order valence-electron chi connectivity index (χ1n) is 8.40. The monoisotopic (exact) mass is 318 g/mol. The largest absolute Gasteiger partial charge is 0.395 e. The molecule has 0 aromatic rings. The van der Waals surface area contributed by atoms with Gasteiger partial charge in [-0.2, -0.15) is 12.7 Å². The summed E-state index contributed by atoms with van der Waals surface area (Å²) in [4.78, 5) is 0. The molecule has 1 saturated carbocycles. The van der Waals surface area contributed by atoms with Gasteiger partial charge in [-0.25, -0.2) is 4.72 Å². The molecule has 6 heteroatoms. The predicted octanol–water partition coefficient (Wildman–Crippen LogP) is 1.88. The van der Waals surface area contributed by atoms with Crippen molar-refractivity contribution in [2.75, 3.05) is 19.7 Å². The van der Waals surface area contributed by atoms with Gasteiger partial charge in [0.05, 0.1) is 6.61 Å². The molecule has 2 N–H and O–H groups in total. The second-order valence-corrected chi connectivity index (χ2v) is 8.46. The lowest BCUT2D eigenvalue weighted by Gasteiger charge is -2.33. The molecule has 2 fully saturated rings. The van der Waals surface area contributed by atoms with Crippen LogP contribution in [-0.4, -0.2) is 43.6 Å². The molecule has 0 radical (unpaired) electrons. The summed E-state index contributed by atoms with van der Waals surface area (Å²) in [6, 6.07) is -0.244. The molecule has 1 heterocycles. The Morgan fingerprint density at radius 1 is 1.14 bits per heavy atom. The minimum atomic E-state index is -3.43. The zero-order chi connectivity index (χ0) is 15.3. The van der Waals surface area contributed by atoms with Gasteiger partial charge < -0.3 is 5.11 Å². The lowest BCUT2D eigenvalue weighted by atomic mass is 9.81. The minimum Gasteiger partial charge on any atom is -0.395 e. The van der Waals surface area contributed by atoms with Gasteiger partial charge >= 0.3 is 0 Å². The number of rotatable bonds is 6. The van der Waals surface area contributed by atoms with Crippen LogP contribution >= 0.6 is 0 Å². The number of hydrogen-bond donors (Lipinski definition) is 2. The van der Waals surface area contributed by atoms with Crippen LogP contribution in [0.4, 0.5) is 0 Å². The highest BCUT2D eigenvalue weighted by atomic mass is 32.2. The van der Waals surface area contributed by atoms with Crippen LogP contribution in [0.2, 0.25) is 0 Å². The van der Waals surface area contributed by atoms with Gasteiger partial charge in [-0.3, -0.25) is 0 Å². The number of piperidine rings is 1. The van der Waals surface area contributed by atoms with Crippen molar-refractivity contribution in [3.63, 3.8) is 0 Å². The zero-order valence-corrected chi connectivity index (χ0v) is 13.9.